The van der Waals surface area contributed by atoms with E-state index in [1.54, 1.807) is 27.7 Å². The van der Waals surface area contributed by atoms with Gasteiger partial charge in [-0.3, -0.25) is 9.59 Å². The molecule has 202 valence electrons. The van der Waals surface area contributed by atoms with Gasteiger partial charge in [0.25, 0.3) is 5.91 Å². The second kappa shape index (κ2) is 17.9. The van der Waals surface area contributed by atoms with Gasteiger partial charge in [0.05, 0.1) is 0 Å². The summed E-state index contributed by atoms with van der Waals surface area (Å²) in [4.78, 5) is 46.1. The van der Waals surface area contributed by atoms with Crippen molar-refractivity contribution in [2.75, 3.05) is 26.5 Å². The zero-order valence-corrected chi connectivity index (χ0v) is 21.8. The molecule has 0 unspecified atom stereocenters. The van der Waals surface area contributed by atoms with E-state index in [0.29, 0.717) is 32.5 Å². The predicted octanol–water partition coefficient (Wildman–Crippen LogP) is 3.73. The molecule has 0 heterocycles. The molecule has 0 aromatic heterocycles. The molecule has 3 N–H and O–H groups in total. The van der Waals surface area contributed by atoms with Gasteiger partial charge in [0.15, 0.2) is 12.6 Å². The molecule has 0 aromatic rings. The van der Waals surface area contributed by atoms with Gasteiger partial charge in [0, 0.05) is 32.2 Å². The van der Waals surface area contributed by atoms with Crippen molar-refractivity contribution in [3.05, 3.63) is 12.7 Å². The smallest absolute Gasteiger partial charge is 0.404 e. The molecule has 35 heavy (non-hydrogen) atoms. The summed E-state index contributed by atoms with van der Waals surface area (Å²) < 4.78 is 15.9. The Morgan fingerprint density at radius 3 is 1.97 bits per heavy atom. The largest absolute Gasteiger partial charge is 0.465 e. The Morgan fingerprint density at radius 2 is 1.37 bits per heavy atom. The van der Waals surface area contributed by atoms with E-state index in [-0.39, 0.29) is 18.5 Å². The molecule has 0 bridgehead atoms. The fourth-order valence-corrected chi connectivity index (χ4v) is 3.02. The highest BCUT2D eigenvalue weighted by atomic mass is 16.7. The van der Waals surface area contributed by atoms with Crippen LogP contribution >= 0.6 is 0 Å². The lowest BCUT2D eigenvalue weighted by Gasteiger charge is -2.24. The van der Waals surface area contributed by atoms with Gasteiger partial charge in [-0.25, -0.2) is 9.59 Å². The Labute approximate surface area is 209 Å². The molecule has 0 fully saturated rings. The van der Waals surface area contributed by atoms with E-state index in [9.17, 15) is 19.2 Å². The van der Waals surface area contributed by atoms with Gasteiger partial charge in [-0.2, -0.15) is 0 Å². The van der Waals surface area contributed by atoms with Crippen molar-refractivity contribution in [3.63, 3.8) is 0 Å². The minimum Gasteiger partial charge on any atom is -0.465 e. The van der Waals surface area contributed by atoms with Gasteiger partial charge < -0.3 is 30.0 Å². The molecule has 0 aliphatic rings. The van der Waals surface area contributed by atoms with Crippen LogP contribution in [0.2, 0.25) is 0 Å². The van der Waals surface area contributed by atoms with Gasteiger partial charge in [-0.15, -0.1) is 0 Å². The van der Waals surface area contributed by atoms with Gasteiger partial charge in [-0.05, 0) is 53.4 Å². The molecule has 0 spiro atoms. The van der Waals surface area contributed by atoms with Crippen LogP contribution in [0.1, 0.15) is 85.5 Å². The maximum Gasteiger partial charge on any atom is 0.404 e. The highest BCUT2D eigenvalue weighted by Crippen LogP contribution is 2.16. The van der Waals surface area contributed by atoms with E-state index in [0.717, 1.165) is 51.0 Å². The molecular formula is C25H44N2O8. The first kappa shape index (κ1) is 32.5. The van der Waals surface area contributed by atoms with Crippen LogP contribution in [0.4, 0.5) is 4.79 Å². The fraction of sp³-hybridized carbons (Fsp3) is 0.760. The van der Waals surface area contributed by atoms with Crippen molar-refractivity contribution in [1.82, 2.24) is 10.6 Å². The number of hydrogen-bond donors (Lipinski definition) is 3. The number of nitrogens with one attached hydrogen (secondary N) is 2. The van der Waals surface area contributed by atoms with Crippen molar-refractivity contribution >= 4 is 23.8 Å². The number of amides is 2. The molecule has 0 aromatic carbocycles. The predicted molar refractivity (Wildman–Crippen MR) is 132 cm³/mol. The molecule has 10 nitrogen and oxygen atoms in total. The summed E-state index contributed by atoms with van der Waals surface area (Å²) in [5.41, 5.74) is -1.98. The van der Waals surface area contributed by atoms with Gasteiger partial charge in [0.1, 0.15) is 11.2 Å². The zero-order valence-electron chi connectivity index (χ0n) is 21.8. The molecule has 0 atom stereocenters. The van der Waals surface area contributed by atoms with Crippen LogP contribution in [0.5, 0.6) is 0 Å². The number of ether oxygens (including phenoxy) is 3. The third kappa shape index (κ3) is 16.7. The summed E-state index contributed by atoms with van der Waals surface area (Å²) >= 11 is 0. The first-order valence-electron chi connectivity index (χ1n) is 12.3. The van der Waals surface area contributed by atoms with Crippen molar-refractivity contribution in [3.8, 4) is 0 Å². The molecule has 10 heteroatoms. The van der Waals surface area contributed by atoms with Crippen molar-refractivity contribution < 1.29 is 38.5 Å². The highest BCUT2D eigenvalue weighted by molar-refractivity contribution is 5.86. The maximum absolute atomic E-state index is 12.4. The Balaban J connectivity index is 3.88. The fourth-order valence-electron chi connectivity index (χ4n) is 3.02. The van der Waals surface area contributed by atoms with E-state index in [2.05, 4.69) is 17.2 Å². The molecular weight excluding hydrogens is 456 g/mol. The number of esters is 1. The SMILES string of the molecule is C=CC(=O)OCOC(C)(C)C(=O)CCCCCOC(C)(C)C(=O)NCCCCCCCNC(=O)O. The number of hydrogen-bond acceptors (Lipinski definition) is 7. The third-order valence-corrected chi connectivity index (χ3v) is 5.43. The van der Waals surface area contributed by atoms with Crippen LogP contribution in [0.15, 0.2) is 12.7 Å². The van der Waals surface area contributed by atoms with E-state index < -0.39 is 23.3 Å². The van der Waals surface area contributed by atoms with Crippen LogP contribution in [-0.4, -0.2) is 66.6 Å². The molecule has 0 radical (unpaired) electrons. The van der Waals surface area contributed by atoms with Gasteiger partial charge in [-0.1, -0.05) is 32.3 Å². The lowest BCUT2D eigenvalue weighted by Crippen LogP contribution is -2.44. The summed E-state index contributed by atoms with van der Waals surface area (Å²) in [5.74, 6) is -0.844. The van der Waals surface area contributed by atoms with Crippen LogP contribution in [0.3, 0.4) is 0 Å². The van der Waals surface area contributed by atoms with Gasteiger partial charge >= 0.3 is 12.1 Å². The van der Waals surface area contributed by atoms with E-state index in [4.69, 9.17) is 19.3 Å². The average molecular weight is 501 g/mol. The lowest BCUT2D eigenvalue weighted by atomic mass is 9.98. The third-order valence-electron chi connectivity index (χ3n) is 5.43. The standard InChI is InChI=1S/C25H44N2O8/c1-6-21(29)33-19-35-24(2,3)20(28)15-11-10-14-18-34-25(4,5)22(30)26-16-12-8-7-9-13-17-27-23(31)32/h6,27H,1,7-19H2,2-5H3,(H,26,30)(H,31,32). The number of carbonyl (C=O) groups excluding carboxylic acids is 3. The summed E-state index contributed by atoms with van der Waals surface area (Å²) in [7, 11) is 0. The number of rotatable bonds is 21. The van der Waals surface area contributed by atoms with E-state index in [1.807, 2.05) is 0 Å². The zero-order chi connectivity index (χ0) is 26.7. The summed E-state index contributed by atoms with van der Waals surface area (Å²) in [5, 5.41) is 13.7. The van der Waals surface area contributed by atoms with Crippen molar-refractivity contribution in [2.45, 2.75) is 96.7 Å². The maximum atomic E-state index is 12.4. The molecule has 0 aliphatic heterocycles. The Kier molecular flexibility index (Phi) is 16.6. The second-order valence-electron chi connectivity index (χ2n) is 9.29. The summed E-state index contributed by atoms with van der Waals surface area (Å²) in [6, 6.07) is 0. The van der Waals surface area contributed by atoms with Crippen LogP contribution in [0, 0.1) is 0 Å². The van der Waals surface area contributed by atoms with Crippen LogP contribution < -0.4 is 10.6 Å². The Hall–Kier alpha value is -2.46. The van der Waals surface area contributed by atoms with Crippen LogP contribution in [-0.2, 0) is 28.6 Å². The Bertz CT molecular complexity index is 676. The number of ketones is 1. The van der Waals surface area contributed by atoms with Crippen molar-refractivity contribution in [2.24, 2.45) is 0 Å². The summed E-state index contributed by atoms with van der Waals surface area (Å²) in [6.07, 6.45) is 7.11. The molecule has 0 rings (SSSR count). The van der Waals surface area contributed by atoms with E-state index in [1.165, 1.54) is 0 Å². The number of unbranched alkanes of at least 4 members (excludes halogenated alkanes) is 6. The number of Topliss-reactive ketones (excluding diaryl/α,β-unsaturated/α-hetero) is 1. The molecule has 0 saturated heterocycles. The summed E-state index contributed by atoms with van der Waals surface area (Å²) in [6.45, 7) is 11.2. The lowest BCUT2D eigenvalue weighted by molar-refractivity contribution is -0.171. The second-order valence-corrected chi connectivity index (χ2v) is 9.29. The number of carboxylic acid groups (broad SMARTS) is 1. The van der Waals surface area contributed by atoms with E-state index >= 15 is 0 Å². The molecule has 2 amide bonds. The molecule has 0 saturated carbocycles. The highest BCUT2D eigenvalue weighted by Gasteiger charge is 2.29. The average Bonchev–Trinajstić information content (AvgIpc) is 2.79. The number of carbonyl (C=O) groups is 4. The first-order chi connectivity index (χ1) is 16.4. The monoisotopic (exact) mass is 500 g/mol. The topological polar surface area (TPSA) is 140 Å². The molecule has 0 aliphatic carbocycles. The minimum absolute atomic E-state index is 0.0790. The normalized spacial score (nSPS) is 11.5. The van der Waals surface area contributed by atoms with Gasteiger partial charge in [0.2, 0.25) is 0 Å². The minimum atomic E-state index is -1.05. The first-order valence-corrected chi connectivity index (χ1v) is 12.3. The Morgan fingerprint density at radius 1 is 0.800 bits per heavy atom. The van der Waals surface area contributed by atoms with Crippen LogP contribution in [0.25, 0.3) is 0 Å². The quantitative estimate of drug-likeness (QED) is 0.0937. The van der Waals surface area contributed by atoms with Crippen molar-refractivity contribution in [1.29, 1.82) is 0 Å².